The number of rotatable bonds is 7. The first-order chi connectivity index (χ1) is 12.9. The van der Waals surface area contributed by atoms with E-state index < -0.39 is 10.6 Å². The van der Waals surface area contributed by atoms with Crippen LogP contribution in [0, 0.1) is 16.0 Å². The number of nitrogens with one attached hydrogen (secondary N) is 1. The average Bonchev–Trinajstić information content (AvgIpc) is 2.65. The summed E-state index contributed by atoms with van der Waals surface area (Å²) in [6.07, 6.45) is 1.98. The Balaban J connectivity index is 1.98. The molecule has 9 heteroatoms. The number of nitrogens with zero attached hydrogens (tertiary/aromatic N) is 2. The van der Waals surface area contributed by atoms with Crippen molar-refractivity contribution in [3.05, 3.63) is 27.8 Å². The topological polar surface area (TPSA) is 111 Å². The number of aldehydes is 1. The summed E-state index contributed by atoms with van der Waals surface area (Å²) in [4.78, 5) is 35.4. The van der Waals surface area contributed by atoms with Gasteiger partial charge in [-0.25, -0.2) is 4.79 Å². The summed E-state index contributed by atoms with van der Waals surface area (Å²) < 4.78 is 10.9. The molecule has 1 aliphatic rings. The van der Waals surface area contributed by atoms with Gasteiger partial charge in [-0.2, -0.15) is 0 Å². The molecule has 0 saturated carbocycles. The molecule has 0 radical (unpaired) electrons. The second-order valence-electron chi connectivity index (χ2n) is 6.76. The van der Waals surface area contributed by atoms with Crippen molar-refractivity contribution >= 4 is 18.0 Å². The number of likely N-dealkylation sites (tertiary alicyclic amines) is 1. The van der Waals surface area contributed by atoms with Gasteiger partial charge in [-0.15, -0.1) is 0 Å². The molecule has 1 aliphatic heterocycles. The van der Waals surface area contributed by atoms with E-state index in [-0.39, 0.29) is 35.1 Å². The van der Waals surface area contributed by atoms with Crippen LogP contribution in [0.4, 0.5) is 10.5 Å². The second kappa shape index (κ2) is 9.20. The summed E-state index contributed by atoms with van der Waals surface area (Å²) in [5, 5.41) is 14.1. The number of piperidine rings is 1. The van der Waals surface area contributed by atoms with Crippen molar-refractivity contribution in [3.63, 3.8) is 0 Å². The lowest BCUT2D eigenvalue weighted by molar-refractivity contribution is -0.386. The number of ether oxygens (including phenoxy) is 2. The quantitative estimate of drug-likeness (QED) is 0.443. The third-order valence-corrected chi connectivity index (χ3v) is 4.43. The van der Waals surface area contributed by atoms with Crippen molar-refractivity contribution in [2.24, 2.45) is 5.92 Å². The molecule has 1 saturated heterocycles. The zero-order valence-corrected chi connectivity index (χ0v) is 15.8. The maximum Gasteiger partial charge on any atom is 0.325 e. The van der Waals surface area contributed by atoms with Crippen LogP contribution in [-0.4, -0.2) is 55.0 Å². The number of hydrogen-bond donors (Lipinski definition) is 1. The molecule has 1 aromatic carbocycles. The van der Waals surface area contributed by atoms with E-state index in [9.17, 15) is 19.7 Å². The van der Waals surface area contributed by atoms with Crippen LogP contribution in [-0.2, 0) is 0 Å². The van der Waals surface area contributed by atoms with E-state index in [2.05, 4.69) is 5.32 Å². The molecule has 2 amide bonds. The van der Waals surface area contributed by atoms with Gasteiger partial charge in [0.05, 0.1) is 24.2 Å². The SMILES string of the molecule is COc1c(OCC2CCN(C(=O)NC(C)C)CC2)ccc(C=O)c1[N+](=O)[O-]. The van der Waals surface area contributed by atoms with Crippen LogP contribution < -0.4 is 14.8 Å². The summed E-state index contributed by atoms with van der Waals surface area (Å²) in [6.45, 7) is 5.46. The summed E-state index contributed by atoms with van der Waals surface area (Å²) in [6, 6.07) is 2.88. The van der Waals surface area contributed by atoms with E-state index >= 15 is 0 Å². The molecule has 1 aromatic rings. The Morgan fingerprint density at radius 3 is 2.59 bits per heavy atom. The molecule has 148 valence electrons. The molecule has 0 atom stereocenters. The number of amides is 2. The molecule has 2 rings (SSSR count). The fraction of sp³-hybridized carbons (Fsp3) is 0.556. The Kier molecular flexibility index (Phi) is 6.98. The molecular formula is C18H25N3O6. The minimum Gasteiger partial charge on any atom is -0.489 e. The van der Waals surface area contributed by atoms with Gasteiger partial charge in [-0.1, -0.05) is 0 Å². The Morgan fingerprint density at radius 1 is 1.41 bits per heavy atom. The Hall–Kier alpha value is -2.84. The fourth-order valence-corrected chi connectivity index (χ4v) is 3.01. The van der Waals surface area contributed by atoms with E-state index in [1.54, 1.807) is 4.90 Å². The van der Waals surface area contributed by atoms with Gasteiger partial charge in [0.2, 0.25) is 5.75 Å². The normalized spacial score (nSPS) is 14.7. The zero-order valence-electron chi connectivity index (χ0n) is 15.8. The van der Waals surface area contributed by atoms with Gasteiger partial charge in [0, 0.05) is 19.1 Å². The molecule has 0 aliphatic carbocycles. The molecule has 1 heterocycles. The number of carbonyl (C=O) groups is 2. The lowest BCUT2D eigenvalue weighted by atomic mass is 9.98. The maximum atomic E-state index is 12.0. The van der Waals surface area contributed by atoms with E-state index in [0.29, 0.717) is 26.0 Å². The van der Waals surface area contributed by atoms with Gasteiger partial charge in [-0.05, 0) is 44.7 Å². The first-order valence-corrected chi connectivity index (χ1v) is 8.86. The minimum absolute atomic E-state index is 0.0571. The number of nitro benzene ring substituents is 1. The third kappa shape index (κ3) is 5.08. The first kappa shape index (κ1) is 20.5. The van der Waals surface area contributed by atoms with Crippen molar-refractivity contribution in [2.75, 3.05) is 26.8 Å². The molecule has 9 nitrogen and oxygen atoms in total. The number of methoxy groups -OCH3 is 1. The van der Waals surface area contributed by atoms with Gasteiger partial charge in [0.1, 0.15) is 0 Å². The summed E-state index contributed by atoms with van der Waals surface area (Å²) in [5.41, 5.74) is -0.459. The first-order valence-electron chi connectivity index (χ1n) is 8.86. The number of urea groups is 1. The average molecular weight is 379 g/mol. The Bertz CT molecular complexity index is 699. The minimum atomic E-state index is -0.652. The van der Waals surface area contributed by atoms with Crippen molar-refractivity contribution in [3.8, 4) is 11.5 Å². The van der Waals surface area contributed by atoms with Crippen molar-refractivity contribution < 1.29 is 24.0 Å². The monoisotopic (exact) mass is 379 g/mol. The predicted octanol–water partition coefficient (Wildman–Crippen LogP) is 2.62. The van der Waals surface area contributed by atoms with Crippen molar-refractivity contribution in [2.45, 2.75) is 32.7 Å². The van der Waals surface area contributed by atoms with Crippen LogP contribution in [0.3, 0.4) is 0 Å². The van der Waals surface area contributed by atoms with Crippen molar-refractivity contribution in [1.82, 2.24) is 10.2 Å². The van der Waals surface area contributed by atoms with Gasteiger partial charge in [0.15, 0.2) is 12.0 Å². The second-order valence-corrected chi connectivity index (χ2v) is 6.76. The third-order valence-electron chi connectivity index (χ3n) is 4.43. The Labute approximate surface area is 157 Å². The lowest BCUT2D eigenvalue weighted by Crippen LogP contribution is -2.47. The maximum absolute atomic E-state index is 12.0. The lowest BCUT2D eigenvalue weighted by Gasteiger charge is -2.32. The molecule has 0 unspecified atom stereocenters. The van der Waals surface area contributed by atoms with E-state index in [0.717, 1.165) is 12.8 Å². The highest BCUT2D eigenvalue weighted by Crippen LogP contribution is 2.39. The predicted molar refractivity (Wildman–Crippen MR) is 98.5 cm³/mol. The highest BCUT2D eigenvalue weighted by atomic mass is 16.6. The summed E-state index contributed by atoms with van der Waals surface area (Å²) in [5.74, 6) is 0.399. The molecule has 27 heavy (non-hydrogen) atoms. The van der Waals surface area contributed by atoms with Gasteiger partial charge in [0.25, 0.3) is 0 Å². The zero-order chi connectivity index (χ0) is 20.0. The van der Waals surface area contributed by atoms with Crippen LogP contribution in [0.2, 0.25) is 0 Å². The Morgan fingerprint density at radius 2 is 2.07 bits per heavy atom. The van der Waals surface area contributed by atoms with Gasteiger partial charge >= 0.3 is 11.7 Å². The van der Waals surface area contributed by atoms with Crippen LogP contribution >= 0.6 is 0 Å². The van der Waals surface area contributed by atoms with Crippen LogP contribution in [0.25, 0.3) is 0 Å². The fourth-order valence-electron chi connectivity index (χ4n) is 3.01. The molecule has 1 N–H and O–H groups in total. The van der Waals surface area contributed by atoms with Gasteiger partial charge < -0.3 is 19.7 Å². The van der Waals surface area contributed by atoms with Crippen LogP contribution in [0.15, 0.2) is 12.1 Å². The number of hydrogen-bond acceptors (Lipinski definition) is 6. The van der Waals surface area contributed by atoms with Crippen molar-refractivity contribution in [1.29, 1.82) is 0 Å². The number of nitro groups is 1. The molecule has 0 aromatic heterocycles. The van der Waals surface area contributed by atoms with Gasteiger partial charge in [-0.3, -0.25) is 14.9 Å². The highest BCUT2D eigenvalue weighted by molar-refractivity contribution is 5.85. The number of benzene rings is 1. The largest absolute Gasteiger partial charge is 0.489 e. The standard InChI is InChI=1S/C18H25N3O6/c1-12(2)19-18(23)20-8-6-13(7-9-20)11-27-15-5-4-14(10-22)16(21(24)25)17(15)26-3/h4-5,10,12-13H,6-9,11H2,1-3H3,(H,19,23). The molecule has 0 bridgehead atoms. The molecule has 0 spiro atoms. The molecular weight excluding hydrogens is 354 g/mol. The molecule has 1 fully saturated rings. The van der Waals surface area contributed by atoms with Crippen LogP contribution in [0.1, 0.15) is 37.0 Å². The van der Waals surface area contributed by atoms with E-state index in [1.807, 2.05) is 13.8 Å². The summed E-state index contributed by atoms with van der Waals surface area (Å²) in [7, 11) is 1.30. The number of carbonyl (C=O) groups excluding carboxylic acids is 2. The van der Waals surface area contributed by atoms with Crippen LogP contribution in [0.5, 0.6) is 11.5 Å². The highest BCUT2D eigenvalue weighted by Gasteiger charge is 2.27. The van der Waals surface area contributed by atoms with E-state index in [1.165, 1.54) is 19.2 Å². The summed E-state index contributed by atoms with van der Waals surface area (Å²) >= 11 is 0. The smallest absolute Gasteiger partial charge is 0.325 e. The van der Waals surface area contributed by atoms with E-state index in [4.69, 9.17) is 9.47 Å².